The first kappa shape index (κ1) is 35.3. The normalized spacial score (nSPS) is 12.2. The van der Waals surface area contributed by atoms with E-state index in [1.165, 1.54) is 7.11 Å². The van der Waals surface area contributed by atoms with E-state index in [0.29, 0.717) is 22.7 Å². The van der Waals surface area contributed by atoms with Crippen LogP contribution in [-0.4, -0.2) is 47.5 Å². The van der Waals surface area contributed by atoms with Crippen molar-refractivity contribution in [3.63, 3.8) is 0 Å². The molecule has 2 aromatic carbocycles. The number of phosphoric acid groups is 1. The van der Waals surface area contributed by atoms with Crippen LogP contribution in [0, 0.1) is 0 Å². The first-order chi connectivity index (χ1) is 20.8. The fourth-order valence-electron chi connectivity index (χ4n) is 3.69. The van der Waals surface area contributed by atoms with Crippen molar-refractivity contribution < 1.29 is 32.4 Å². The summed E-state index contributed by atoms with van der Waals surface area (Å²) in [5, 5.41) is 2.75. The number of phosphoric ester groups is 1. The Morgan fingerprint density at radius 1 is 0.886 bits per heavy atom. The highest BCUT2D eigenvalue weighted by Crippen LogP contribution is 2.51. The summed E-state index contributed by atoms with van der Waals surface area (Å²) in [6.07, 6.45) is 4.70. The number of pyridine rings is 1. The zero-order valence-corrected chi connectivity index (χ0v) is 29.7. The third-order valence-corrected chi connectivity index (χ3v) is 11.2. The molecule has 1 heterocycles. The number of carbonyl (C=O) groups excluding carboxylic acids is 1. The largest absolute Gasteiger partial charge is 0.530 e. The summed E-state index contributed by atoms with van der Waals surface area (Å²) in [4.78, 5) is 17.2. The van der Waals surface area contributed by atoms with Gasteiger partial charge in [0.05, 0.1) is 31.7 Å². The molecule has 0 fully saturated rings. The summed E-state index contributed by atoms with van der Waals surface area (Å²) in [5.41, 5.74) is 2.55. The van der Waals surface area contributed by atoms with Gasteiger partial charge in [0.1, 0.15) is 18.1 Å². The second kappa shape index (κ2) is 16.2. The van der Waals surface area contributed by atoms with Crippen molar-refractivity contribution in [3.05, 3.63) is 83.7 Å². The van der Waals surface area contributed by atoms with Gasteiger partial charge in [0.25, 0.3) is 0 Å². The molecule has 0 saturated heterocycles. The van der Waals surface area contributed by atoms with Crippen LogP contribution in [0.4, 0.5) is 10.5 Å². The summed E-state index contributed by atoms with van der Waals surface area (Å²) in [6.45, 7) is 13.6. The van der Waals surface area contributed by atoms with Crippen molar-refractivity contribution in [1.82, 2.24) is 4.98 Å². The Balaban J connectivity index is 1.74. The van der Waals surface area contributed by atoms with Crippen molar-refractivity contribution >= 4 is 47.9 Å². The first-order valence-corrected chi connectivity index (χ1v) is 23.5. The number of amides is 1. The molecule has 0 aliphatic rings. The minimum absolute atomic E-state index is 0.162. The van der Waals surface area contributed by atoms with E-state index in [0.717, 1.165) is 17.7 Å². The summed E-state index contributed by atoms with van der Waals surface area (Å²) >= 11 is 0. The maximum Gasteiger partial charge on any atom is 0.530 e. The summed E-state index contributed by atoms with van der Waals surface area (Å²) in [7, 11) is -5.40. The van der Waals surface area contributed by atoms with Gasteiger partial charge in [-0.1, -0.05) is 75.7 Å². The molecule has 9 nitrogen and oxygen atoms in total. The van der Waals surface area contributed by atoms with E-state index >= 15 is 0 Å². The predicted octanol–water partition coefficient (Wildman–Crippen LogP) is 9.21. The van der Waals surface area contributed by atoms with Crippen LogP contribution in [-0.2, 0) is 25.0 Å². The molecule has 1 aromatic heterocycles. The number of aromatic nitrogens is 1. The van der Waals surface area contributed by atoms with Gasteiger partial charge in [-0.2, -0.15) is 0 Å². The second-order valence-electron chi connectivity index (χ2n) is 12.7. The zero-order chi connectivity index (χ0) is 32.2. The Kier molecular flexibility index (Phi) is 13.0. The highest BCUT2D eigenvalue weighted by molar-refractivity contribution is 7.49. The minimum Gasteiger partial charge on any atom is -0.497 e. The molecular formula is C32H45N2O7PSi2. The molecule has 0 spiro atoms. The predicted molar refractivity (Wildman–Crippen MR) is 183 cm³/mol. The van der Waals surface area contributed by atoms with Gasteiger partial charge >= 0.3 is 13.9 Å². The van der Waals surface area contributed by atoms with Crippen molar-refractivity contribution in [2.24, 2.45) is 0 Å². The number of nitrogens with zero attached hydrogens (tertiary/aromatic N) is 1. The maximum atomic E-state index is 13.9. The van der Waals surface area contributed by atoms with E-state index in [2.05, 4.69) is 49.6 Å². The lowest BCUT2D eigenvalue weighted by atomic mass is 10.2. The van der Waals surface area contributed by atoms with Gasteiger partial charge in [-0.25, -0.2) is 9.36 Å². The number of ether oxygens (including phenoxy) is 2. The highest BCUT2D eigenvalue weighted by Gasteiger charge is 2.32. The zero-order valence-electron chi connectivity index (χ0n) is 26.8. The lowest BCUT2D eigenvalue weighted by molar-refractivity contribution is 0.151. The van der Waals surface area contributed by atoms with Crippen molar-refractivity contribution in [2.75, 3.05) is 25.6 Å². The number of methoxy groups -OCH3 is 1. The number of hydrogen-bond donors (Lipinski definition) is 1. The van der Waals surface area contributed by atoms with E-state index < -0.39 is 30.1 Å². The van der Waals surface area contributed by atoms with Crippen LogP contribution in [0.15, 0.2) is 66.9 Å². The topological polar surface area (TPSA) is 105 Å². The summed E-state index contributed by atoms with van der Waals surface area (Å²) < 4.78 is 42.4. The van der Waals surface area contributed by atoms with Gasteiger partial charge in [-0.05, 0) is 48.0 Å². The van der Waals surface area contributed by atoms with E-state index in [-0.39, 0.29) is 25.6 Å². The Hall–Kier alpha value is -3.22. The smallest absolute Gasteiger partial charge is 0.497 e. The SMILES string of the molecule is COc1ccc(COC(=O)Nc2cccnc2C=Cc2ccccc2)c(OP(=O)(OCC[Si](C)(C)C)OCC[Si](C)(C)C)c1. The van der Waals surface area contributed by atoms with E-state index in [1.807, 2.05) is 42.5 Å². The van der Waals surface area contributed by atoms with Crippen molar-refractivity contribution in [1.29, 1.82) is 0 Å². The second-order valence-corrected chi connectivity index (χ2v) is 25.5. The number of anilines is 1. The van der Waals surface area contributed by atoms with Crippen LogP contribution in [0.25, 0.3) is 12.2 Å². The van der Waals surface area contributed by atoms with Crippen LogP contribution in [0.5, 0.6) is 11.5 Å². The van der Waals surface area contributed by atoms with Gasteiger partial charge < -0.3 is 14.0 Å². The van der Waals surface area contributed by atoms with E-state index in [1.54, 1.807) is 36.5 Å². The van der Waals surface area contributed by atoms with Crippen LogP contribution in [0.1, 0.15) is 16.8 Å². The van der Waals surface area contributed by atoms with Gasteiger partial charge in [-0.3, -0.25) is 19.3 Å². The molecule has 238 valence electrons. The van der Waals surface area contributed by atoms with Crippen LogP contribution >= 0.6 is 7.82 Å². The number of nitrogens with one attached hydrogen (secondary N) is 1. The van der Waals surface area contributed by atoms with Crippen molar-refractivity contribution in [3.8, 4) is 11.5 Å². The third-order valence-electron chi connectivity index (χ3n) is 6.35. The molecule has 0 saturated carbocycles. The molecule has 3 aromatic rings. The molecule has 0 aliphatic carbocycles. The molecular weight excluding hydrogens is 612 g/mol. The summed E-state index contributed by atoms with van der Waals surface area (Å²) in [5.74, 6) is 0.670. The fraction of sp³-hybridized carbons (Fsp3) is 0.375. The minimum atomic E-state index is -4.00. The molecule has 1 N–H and O–H groups in total. The van der Waals surface area contributed by atoms with Crippen molar-refractivity contribution in [2.45, 2.75) is 58.0 Å². The Morgan fingerprint density at radius 2 is 1.55 bits per heavy atom. The number of rotatable bonds is 16. The Bertz CT molecular complexity index is 1420. The van der Waals surface area contributed by atoms with Crippen LogP contribution in [0.3, 0.4) is 0 Å². The molecule has 12 heteroatoms. The average molecular weight is 657 g/mol. The lowest BCUT2D eigenvalue weighted by Crippen LogP contribution is -2.23. The number of hydrogen-bond acceptors (Lipinski definition) is 8. The molecule has 0 radical (unpaired) electrons. The molecule has 0 aliphatic heterocycles. The Morgan fingerprint density at radius 3 is 2.16 bits per heavy atom. The monoisotopic (exact) mass is 656 g/mol. The number of benzene rings is 2. The highest BCUT2D eigenvalue weighted by atomic mass is 31.2. The molecule has 44 heavy (non-hydrogen) atoms. The average Bonchev–Trinajstić information content (AvgIpc) is 2.95. The first-order valence-electron chi connectivity index (χ1n) is 14.6. The van der Waals surface area contributed by atoms with E-state index in [4.69, 9.17) is 23.0 Å². The van der Waals surface area contributed by atoms with Crippen LogP contribution in [0.2, 0.25) is 51.4 Å². The maximum absolute atomic E-state index is 13.9. The molecule has 3 rings (SSSR count). The van der Waals surface area contributed by atoms with Gasteiger partial charge in [0.15, 0.2) is 0 Å². The van der Waals surface area contributed by atoms with Gasteiger partial charge in [-0.15, -0.1) is 0 Å². The fourth-order valence-corrected chi connectivity index (χ4v) is 6.68. The summed E-state index contributed by atoms with van der Waals surface area (Å²) in [6, 6.07) is 19.8. The third kappa shape index (κ3) is 12.8. The Labute approximate surface area is 263 Å². The molecule has 0 atom stereocenters. The van der Waals surface area contributed by atoms with Crippen LogP contribution < -0.4 is 14.6 Å². The van der Waals surface area contributed by atoms with E-state index in [9.17, 15) is 9.36 Å². The standard InChI is InChI=1S/C32H45N2O7PSi2/c1-37-28-17-16-27(31(24-28)41-42(36,39-20-22-43(2,3)4)40-21-23-44(5,6)7)25-38-32(35)34-30-14-11-19-33-29(30)18-15-26-12-9-8-10-13-26/h8-19,24H,20-23,25H2,1-7H3,(H,34,35). The molecule has 1 amide bonds. The number of carbonyl (C=O) groups is 1. The molecule has 0 unspecified atom stereocenters. The van der Waals surface area contributed by atoms with Gasteiger partial charge in [0.2, 0.25) is 0 Å². The lowest BCUT2D eigenvalue weighted by Gasteiger charge is -2.23. The molecule has 0 bridgehead atoms. The van der Waals surface area contributed by atoms with Gasteiger partial charge in [0, 0.05) is 34.0 Å². The quantitative estimate of drug-likeness (QED) is 0.120.